The molecule has 0 radical (unpaired) electrons. The van der Waals surface area contributed by atoms with Gasteiger partial charge in [-0.05, 0) is 109 Å². The summed E-state index contributed by atoms with van der Waals surface area (Å²) in [5.74, 6) is -1.52. The van der Waals surface area contributed by atoms with Crippen molar-refractivity contribution in [1.29, 1.82) is 0 Å². The predicted molar refractivity (Wildman–Crippen MR) is 288 cm³/mol. The molecule has 0 rings (SSSR count). The Morgan fingerprint density at radius 2 is 0.743 bits per heavy atom. The second kappa shape index (κ2) is 52.2. The number of carbonyl (C=O) groups is 3. The molecule has 12 heteroatoms. The third-order valence-electron chi connectivity index (χ3n) is 11.6. The molecule has 2 N–H and O–H groups in total. The largest absolute Gasteiger partial charge is 0.472 e. The summed E-state index contributed by atoms with van der Waals surface area (Å²) >= 11 is 0. The Kier molecular flexibility index (Phi) is 50.0. The van der Waals surface area contributed by atoms with Crippen molar-refractivity contribution in [3.63, 3.8) is 0 Å². The summed E-state index contributed by atoms with van der Waals surface area (Å²) in [6.45, 7) is 4.44. The SMILES string of the molecule is CC/C=C\C/C=C\C/C=C\CCCCCC(=O)OC(CO)COP(=O)(O)OCC(COC(=O)CCCCCCC/C=C\C/C=C\CCCCC)OC(=O)CCCCCCC/C=C\CCCCCCCC. The molecule has 3 unspecified atom stereocenters. The molecule has 0 saturated carbocycles. The van der Waals surface area contributed by atoms with E-state index >= 15 is 0 Å². The molecule has 0 aromatic rings. The average Bonchev–Trinajstić information content (AvgIpc) is 3.35. The van der Waals surface area contributed by atoms with Crippen LogP contribution < -0.4 is 0 Å². The van der Waals surface area contributed by atoms with Crippen LogP contribution in [0.5, 0.6) is 0 Å². The van der Waals surface area contributed by atoms with Gasteiger partial charge in [-0.3, -0.25) is 23.4 Å². The Morgan fingerprint density at radius 3 is 1.20 bits per heavy atom. The Balaban J connectivity index is 4.79. The molecule has 0 aliphatic heterocycles. The molecule has 3 atom stereocenters. The Bertz CT molecular complexity index is 1450. The summed E-state index contributed by atoms with van der Waals surface area (Å²) in [7, 11) is -4.76. The Hall–Kier alpha value is -3.08. The maximum Gasteiger partial charge on any atom is 0.472 e. The minimum absolute atomic E-state index is 0.139. The van der Waals surface area contributed by atoms with Crippen molar-refractivity contribution in [2.45, 2.75) is 251 Å². The highest BCUT2D eigenvalue weighted by molar-refractivity contribution is 7.47. The number of hydrogen-bond donors (Lipinski definition) is 2. The van der Waals surface area contributed by atoms with Gasteiger partial charge in [0.15, 0.2) is 6.10 Å². The number of phosphoric acid groups is 1. The van der Waals surface area contributed by atoms with Crippen molar-refractivity contribution in [2.75, 3.05) is 26.4 Å². The van der Waals surface area contributed by atoms with E-state index in [-0.39, 0.29) is 25.9 Å². The number of allylic oxidation sites excluding steroid dienone is 12. The van der Waals surface area contributed by atoms with Gasteiger partial charge in [-0.2, -0.15) is 0 Å². The van der Waals surface area contributed by atoms with Crippen LogP contribution in [0.15, 0.2) is 72.9 Å². The molecule has 0 bridgehead atoms. The highest BCUT2D eigenvalue weighted by Gasteiger charge is 2.28. The van der Waals surface area contributed by atoms with E-state index in [2.05, 4.69) is 93.7 Å². The van der Waals surface area contributed by atoms with Crippen molar-refractivity contribution in [2.24, 2.45) is 0 Å². The zero-order chi connectivity index (χ0) is 51.3. The number of phosphoric ester groups is 1. The fraction of sp³-hybridized carbons (Fsp3) is 0.741. The highest BCUT2D eigenvalue weighted by atomic mass is 31.2. The third kappa shape index (κ3) is 49.9. The number of aliphatic hydroxyl groups is 1. The lowest BCUT2D eigenvalue weighted by molar-refractivity contribution is -0.161. The second-order valence-corrected chi connectivity index (χ2v) is 19.8. The molecule has 0 spiro atoms. The fourth-order valence-electron chi connectivity index (χ4n) is 7.34. The average molecular weight is 1010 g/mol. The smallest absolute Gasteiger partial charge is 0.462 e. The van der Waals surface area contributed by atoms with E-state index in [1.807, 2.05) is 0 Å². The summed E-state index contributed by atoms with van der Waals surface area (Å²) in [6.07, 6.45) is 57.2. The van der Waals surface area contributed by atoms with Gasteiger partial charge in [-0.1, -0.05) is 184 Å². The van der Waals surface area contributed by atoms with Gasteiger partial charge in [-0.15, -0.1) is 0 Å². The van der Waals surface area contributed by atoms with Gasteiger partial charge in [0, 0.05) is 19.3 Å². The minimum atomic E-state index is -4.76. The number of carbonyl (C=O) groups excluding carboxylic acids is 3. The van der Waals surface area contributed by atoms with Crippen LogP contribution in [0.1, 0.15) is 239 Å². The number of esters is 3. The molecule has 11 nitrogen and oxygen atoms in total. The summed E-state index contributed by atoms with van der Waals surface area (Å²) in [5.41, 5.74) is 0. The zero-order valence-corrected chi connectivity index (χ0v) is 45.4. The molecule has 0 aromatic heterocycles. The molecule has 0 aromatic carbocycles. The van der Waals surface area contributed by atoms with Crippen LogP contribution in [-0.2, 0) is 42.2 Å². The lowest BCUT2D eigenvalue weighted by Gasteiger charge is -2.21. The fourth-order valence-corrected chi connectivity index (χ4v) is 8.12. The summed E-state index contributed by atoms with van der Waals surface area (Å²) < 4.78 is 39.4. The van der Waals surface area contributed by atoms with Gasteiger partial charge in [0.2, 0.25) is 0 Å². The number of aliphatic hydroxyl groups excluding tert-OH is 1. The first-order valence-electron chi connectivity index (χ1n) is 27.8. The number of hydrogen-bond acceptors (Lipinski definition) is 10. The second-order valence-electron chi connectivity index (χ2n) is 18.4. The third-order valence-corrected chi connectivity index (χ3v) is 12.5. The molecule has 0 aliphatic carbocycles. The van der Waals surface area contributed by atoms with Gasteiger partial charge in [0.1, 0.15) is 12.7 Å². The lowest BCUT2D eigenvalue weighted by Crippen LogP contribution is -2.30. The van der Waals surface area contributed by atoms with Crippen LogP contribution >= 0.6 is 7.82 Å². The standard InChI is InChI=1S/C58H101O11P/c1-4-7-10-13-16-19-22-25-27-30-32-35-38-41-44-47-56(60)65-51-55(69-58(62)49-46-43-40-37-34-31-28-26-23-20-17-14-11-8-5-2)53-67-70(63,64)66-52-54(50-59)68-57(61)48-45-42-39-36-33-29-24-21-18-15-12-9-6-3/h9,12,16,18-19,21,25-29,33,54-55,59H,4-8,10-11,13-15,17,20,22-24,30-32,34-53H2,1-3H3,(H,63,64)/b12-9-,19-16-,21-18-,27-25-,28-26-,33-29-. The monoisotopic (exact) mass is 1000 g/mol. The van der Waals surface area contributed by atoms with Crippen LogP contribution in [0, 0.1) is 0 Å². The molecule has 0 amide bonds. The van der Waals surface area contributed by atoms with Gasteiger partial charge in [-0.25, -0.2) is 4.57 Å². The molecule has 70 heavy (non-hydrogen) atoms. The first-order valence-corrected chi connectivity index (χ1v) is 29.3. The number of ether oxygens (including phenoxy) is 3. The van der Waals surface area contributed by atoms with Gasteiger partial charge < -0.3 is 24.2 Å². The summed E-state index contributed by atoms with van der Waals surface area (Å²) in [6, 6.07) is 0. The van der Waals surface area contributed by atoms with Gasteiger partial charge in [0.25, 0.3) is 0 Å². The van der Waals surface area contributed by atoms with Crippen molar-refractivity contribution in [3.8, 4) is 0 Å². The van der Waals surface area contributed by atoms with Crippen molar-refractivity contribution < 1.29 is 52.2 Å². The number of unbranched alkanes of at least 4 members (excludes halogenated alkanes) is 22. The predicted octanol–water partition coefficient (Wildman–Crippen LogP) is 16.1. The minimum Gasteiger partial charge on any atom is -0.462 e. The first-order chi connectivity index (χ1) is 34.2. The van der Waals surface area contributed by atoms with Crippen LogP contribution in [0.2, 0.25) is 0 Å². The first kappa shape index (κ1) is 66.9. The zero-order valence-electron chi connectivity index (χ0n) is 44.5. The van der Waals surface area contributed by atoms with Crippen LogP contribution in [0.4, 0.5) is 0 Å². The summed E-state index contributed by atoms with van der Waals surface area (Å²) in [4.78, 5) is 48.4. The van der Waals surface area contributed by atoms with Crippen LogP contribution in [-0.4, -0.2) is 66.5 Å². The molecule has 0 fully saturated rings. The molecular weight excluding hydrogens is 904 g/mol. The lowest BCUT2D eigenvalue weighted by atomic mass is 10.1. The quantitative estimate of drug-likeness (QED) is 0.0197. The van der Waals surface area contributed by atoms with E-state index in [4.69, 9.17) is 23.3 Å². The van der Waals surface area contributed by atoms with E-state index in [0.717, 1.165) is 122 Å². The van der Waals surface area contributed by atoms with Gasteiger partial charge >= 0.3 is 25.7 Å². The van der Waals surface area contributed by atoms with E-state index in [1.54, 1.807) is 0 Å². The van der Waals surface area contributed by atoms with E-state index < -0.39 is 57.8 Å². The summed E-state index contributed by atoms with van der Waals surface area (Å²) in [5, 5.41) is 9.79. The van der Waals surface area contributed by atoms with Crippen LogP contribution in [0.25, 0.3) is 0 Å². The topological polar surface area (TPSA) is 155 Å². The molecule has 0 heterocycles. The maximum absolute atomic E-state index is 12.9. The van der Waals surface area contributed by atoms with Gasteiger partial charge in [0.05, 0.1) is 19.8 Å². The molecule has 404 valence electrons. The van der Waals surface area contributed by atoms with Crippen molar-refractivity contribution in [1.82, 2.24) is 0 Å². The highest BCUT2D eigenvalue weighted by Crippen LogP contribution is 2.43. The van der Waals surface area contributed by atoms with E-state index in [9.17, 15) is 28.9 Å². The van der Waals surface area contributed by atoms with Crippen molar-refractivity contribution >= 4 is 25.7 Å². The normalized spacial score (nSPS) is 14.0. The molecule has 0 aliphatic rings. The molecular formula is C58H101O11P. The number of rotatable bonds is 51. The van der Waals surface area contributed by atoms with Crippen LogP contribution in [0.3, 0.4) is 0 Å². The van der Waals surface area contributed by atoms with E-state index in [1.165, 1.54) is 57.8 Å². The van der Waals surface area contributed by atoms with E-state index in [0.29, 0.717) is 19.3 Å². The Labute approximate surface area is 427 Å². The maximum atomic E-state index is 12.9. The Morgan fingerprint density at radius 1 is 0.414 bits per heavy atom. The van der Waals surface area contributed by atoms with Crippen molar-refractivity contribution in [3.05, 3.63) is 72.9 Å². The molecule has 0 saturated heterocycles.